The number of carboxylic acid groups (broad SMARTS) is 1. The van der Waals surface area contributed by atoms with Gasteiger partial charge in [0.05, 0.1) is 0 Å². The minimum Gasteiger partial charge on any atom is -0.507 e. The van der Waals surface area contributed by atoms with Gasteiger partial charge in [0.25, 0.3) is 0 Å². The molecule has 0 saturated carbocycles. The van der Waals surface area contributed by atoms with Gasteiger partial charge >= 0.3 is 5.97 Å². The van der Waals surface area contributed by atoms with Gasteiger partial charge in [0, 0.05) is 27.1 Å². The summed E-state index contributed by atoms with van der Waals surface area (Å²) in [5.74, 6) is -0.390. The number of rotatable bonds is 4. The van der Waals surface area contributed by atoms with Crippen LogP contribution in [0.25, 0.3) is 0 Å². The summed E-state index contributed by atoms with van der Waals surface area (Å²) in [6.45, 7) is 2.03. The molecule has 4 heteroatoms. The van der Waals surface area contributed by atoms with E-state index in [0.717, 1.165) is 5.56 Å². The van der Waals surface area contributed by atoms with Crippen LogP contribution in [0.4, 0.5) is 0 Å². The summed E-state index contributed by atoms with van der Waals surface area (Å²) in [5.41, 5.74) is 1.35. The summed E-state index contributed by atoms with van der Waals surface area (Å²) in [6.07, 6.45) is 4.09. The van der Waals surface area contributed by atoms with Gasteiger partial charge in [0.1, 0.15) is 17.1 Å². The fraction of sp³-hybridized carbons (Fsp3) is 0.550. The van der Waals surface area contributed by atoms with Gasteiger partial charge in [-0.1, -0.05) is 19.3 Å². The van der Waals surface area contributed by atoms with Crippen LogP contribution in [0.15, 0.2) is 23.8 Å². The lowest BCUT2D eigenvalue weighted by molar-refractivity contribution is -0.133. The Kier molecular flexibility index (Phi) is 3.42. The summed E-state index contributed by atoms with van der Waals surface area (Å²) in [6, 6.07) is 3.51. The van der Waals surface area contributed by atoms with Crippen LogP contribution in [-0.4, -0.2) is 21.8 Å². The number of aromatic hydroxyl groups is 1. The van der Waals surface area contributed by atoms with Crippen LogP contribution in [0.3, 0.4) is 0 Å². The second-order valence-electron chi connectivity index (χ2n) is 7.25. The van der Waals surface area contributed by atoms with Crippen molar-refractivity contribution in [1.29, 1.82) is 0 Å². The molecule has 0 amide bonds. The lowest BCUT2D eigenvalue weighted by Gasteiger charge is -2.46. The van der Waals surface area contributed by atoms with Crippen molar-refractivity contribution in [2.75, 3.05) is 0 Å². The fourth-order valence-electron chi connectivity index (χ4n) is 4.03. The molecule has 1 aliphatic carbocycles. The fourth-order valence-corrected chi connectivity index (χ4v) is 4.03. The number of hydrogen-bond donors (Lipinski definition) is 2. The Morgan fingerprint density at radius 3 is 2.96 bits per heavy atom. The van der Waals surface area contributed by atoms with E-state index in [0.29, 0.717) is 42.6 Å². The molecular formula is C20H26O4. The van der Waals surface area contributed by atoms with Gasteiger partial charge in [-0.3, -0.25) is 0 Å². The Morgan fingerprint density at radius 1 is 1.46 bits per heavy atom. The van der Waals surface area contributed by atoms with Crippen molar-refractivity contribution in [3.63, 3.8) is 0 Å². The van der Waals surface area contributed by atoms with Gasteiger partial charge in [0.2, 0.25) is 0 Å². The Labute approximate surface area is 147 Å². The molecule has 1 aromatic rings. The number of phenols is 1. The van der Waals surface area contributed by atoms with Crippen molar-refractivity contribution < 1.29 is 23.9 Å². The predicted molar refractivity (Wildman–Crippen MR) is 92.6 cm³/mol. The number of allylic oxidation sites excluding steroid dienone is 1. The van der Waals surface area contributed by atoms with E-state index in [2.05, 4.69) is 0 Å². The number of hydrogen-bond acceptors (Lipinski definition) is 3. The zero-order chi connectivity index (χ0) is 20.0. The summed E-state index contributed by atoms with van der Waals surface area (Å²) >= 11 is 0. The van der Waals surface area contributed by atoms with Crippen molar-refractivity contribution in [1.82, 2.24) is 0 Å². The number of benzene rings is 1. The summed E-state index contributed by atoms with van der Waals surface area (Å²) in [4.78, 5) is 11.4. The average molecular weight is 333 g/mol. The molecule has 130 valence electrons. The van der Waals surface area contributed by atoms with Crippen molar-refractivity contribution >= 4 is 5.97 Å². The zero-order valence-electron chi connectivity index (χ0n) is 17.1. The van der Waals surface area contributed by atoms with Gasteiger partial charge in [-0.2, -0.15) is 0 Å². The molecule has 1 aliphatic heterocycles. The van der Waals surface area contributed by atoms with E-state index in [1.165, 1.54) is 0 Å². The molecule has 0 radical (unpaired) electrons. The van der Waals surface area contributed by atoms with Crippen LogP contribution in [0.5, 0.6) is 11.5 Å². The summed E-state index contributed by atoms with van der Waals surface area (Å²) in [7, 11) is 0. The van der Waals surface area contributed by atoms with Crippen LogP contribution >= 0.6 is 0 Å². The Balaban J connectivity index is 1.95. The standard InChI is InChI=1S/C20H26O4/c1-4-5-6-12-9-16(21)18-14-11-13(19(22)23)7-8-15(14)20(2,3)24-17(18)10-12/h9-11,14-15,21H,4-8H2,1-3H3,(H,22,23)/t14-,15-/m1/s1/i1D3. The number of carbonyl (C=O) groups is 1. The van der Waals surface area contributed by atoms with Crippen LogP contribution in [0.1, 0.15) is 67.5 Å². The number of aryl methyl sites for hydroxylation is 1. The van der Waals surface area contributed by atoms with E-state index in [4.69, 9.17) is 8.85 Å². The molecule has 24 heavy (non-hydrogen) atoms. The molecule has 2 N–H and O–H groups in total. The minimum absolute atomic E-state index is 0.0837. The number of phenolic OH excluding ortho intramolecular Hbond substituents is 1. The Morgan fingerprint density at radius 2 is 2.25 bits per heavy atom. The van der Waals surface area contributed by atoms with Crippen molar-refractivity contribution in [3.05, 3.63) is 34.9 Å². The predicted octanol–water partition coefficient (Wildman–Crippen LogP) is 4.41. The second-order valence-corrected chi connectivity index (χ2v) is 7.25. The highest BCUT2D eigenvalue weighted by atomic mass is 16.5. The third kappa shape index (κ3) is 2.90. The number of fused-ring (bicyclic) bond motifs is 3. The second kappa shape index (κ2) is 6.15. The zero-order valence-corrected chi connectivity index (χ0v) is 14.1. The Hall–Kier alpha value is -1.97. The van der Waals surface area contributed by atoms with Crippen LogP contribution in [-0.2, 0) is 11.2 Å². The highest BCUT2D eigenvalue weighted by molar-refractivity contribution is 5.87. The van der Waals surface area contributed by atoms with Crippen LogP contribution in [0, 0.1) is 5.92 Å². The molecule has 4 nitrogen and oxygen atoms in total. The highest BCUT2D eigenvalue weighted by Gasteiger charge is 2.46. The Bertz CT molecular complexity index is 780. The van der Waals surface area contributed by atoms with Gasteiger partial charge in [-0.25, -0.2) is 4.79 Å². The smallest absolute Gasteiger partial charge is 0.331 e. The summed E-state index contributed by atoms with van der Waals surface area (Å²) in [5, 5.41) is 20.0. The normalized spacial score (nSPS) is 26.8. The first kappa shape index (κ1) is 13.3. The van der Waals surface area contributed by atoms with E-state index in [1.807, 2.05) is 19.9 Å². The molecule has 0 bridgehead atoms. The molecule has 0 saturated heterocycles. The molecule has 0 aromatic heterocycles. The topological polar surface area (TPSA) is 66.8 Å². The molecule has 0 fully saturated rings. The first-order chi connectivity index (χ1) is 12.5. The third-order valence-corrected chi connectivity index (χ3v) is 5.24. The monoisotopic (exact) mass is 333 g/mol. The van der Waals surface area contributed by atoms with E-state index >= 15 is 0 Å². The summed E-state index contributed by atoms with van der Waals surface area (Å²) < 4.78 is 28.1. The largest absolute Gasteiger partial charge is 0.507 e. The lowest BCUT2D eigenvalue weighted by Crippen LogP contribution is -2.45. The maximum atomic E-state index is 11.4. The maximum absolute atomic E-state index is 11.4. The lowest BCUT2D eigenvalue weighted by atomic mass is 9.67. The number of carboxylic acids is 1. The van der Waals surface area contributed by atoms with Gasteiger partial charge < -0.3 is 14.9 Å². The molecule has 0 spiro atoms. The van der Waals surface area contributed by atoms with Gasteiger partial charge in [0.15, 0.2) is 0 Å². The first-order valence-corrected chi connectivity index (χ1v) is 8.47. The highest BCUT2D eigenvalue weighted by Crippen LogP contribution is 2.53. The molecule has 3 rings (SSSR count). The molecular weight excluding hydrogens is 304 g/mol. The molecule has 1 aromatic carbocycles. The van der Waals surface area contributed by atoms with Crippen LogP contribution in [0.2, 0.25) is 0 Å². The molecule has 2 atom stereocenters. The van der Waals surface area contributed by atoms with E-state index in [9.17, 15) is 15.0 Å². The van der Waals surface area contributed by atoms with Crippen molar-refractivity contribution in [2.45, 2.75) is 64.3 Å². The van der Waals surface area contributed by atoms with Crippen LogP contribution < -0.4 is 4.74 Å². The van der Waals surface area contributed by atoms with Crippen molar-refractivity contribution in [2.24, 2.45) is 5.92 Å². The average Bonchev–Trinajstić information content (AvgIpc) is 2.52. The SMILES string of the molecule is [2H]C([2H])([2H])CCCc1cc(O)c2c(c1)OC(C)(C)[C@@H]1CCC(C(=O)O)=C[C@@H]21. The van der Waals surface area contributed by atoms with E-state index in [1.54, 1.807) is 12.1 Å². The van der Waals surface area contributed by atoms with Crippen molar-refractivity contribution in [3.8, 4) is 11.5 Å². The quantitative estimate of drug-likeness (QED) is 0.856. The van der Waals surface area contributed by atoms with Gasteiger partial charge in [-0.05, 0) is 57.2 Å². The van der Waals surface area contributed by atoms with E-state index < -0.39 is 18.4 Å². The molecule has 2 aliphatic rings. The third-order valence-electron chi connectivity index (χ3n) is 5.24. The maximum Gasteiger partial charge on any atom is 0.331 e. The number of ether oxygens (including phenoxy) is 1. The van der Waals surface area contributed by atoms with Gasteiger partial charge in [-0.15, -0.1) is 0 Å². The first-order valence-electron chi connectivity index (χ1n) is 9.97. The minimum atomic E-state index is -1.96. The molecule has 1 heterocycles. The van der Waals surface area contributed by atoms with E-state index in [-0.39, 0.29) is 24.0 Å². The number of aliphatic carboxylic acids is 1. The molecule has 0 unspecified atom stereocenters.